The van der Waals surface area contributed by atoms with Crippen molar-refractivity contribution in [2.24, 2.45) is 10.7 Å². The summed E-state index contributed by atoms with van der Waals surface area (Å²) in [5.41, 5.74) is 9.66. The number of hydrogen-bond donors (Lipinski definition) is 2. The molecule has 0 bridgehead atoms. The van der Waals surface area contributed by atoms with Gasteiger partial charge in [-0.15, -0.1) is 0 Å². The van der Waals surface area contributed by atoms with Crippen LogP contribution in [0.4, 0.5) is 5.69 Å². The van der Waals surface area contributed by atoms with E-state index in [2.05, 4.69) is 46.7 Å². The topological polar surface area (TPSA) is 57.4 Å². The monoisotopic (exact) mass is 368 g/mol. The number of fused-ring (bicyclic) bond motifs is 1. The lowest BCUT2D eigenvalue weighted by molar-refractivity contribution is 0.223. The van der Waals surface area contributed by atoms with Crippen LogP contribution in [0.2, 0.25) is 0 Å². The van der Waals surface area contributed by atoms with Gasteiger partial charge in [0.25, 0.3) is 0 Å². The molecule has 0 aliphatic carbocycles. The van der Waals surface area contributed by atoms with Crippen LogP contribution >= 0.6 is 11.8 Å². The molecule has 0 radical (unpaired) electrons. The average molecular weight is 369 g/mol. The summed E-state index contributed by atoms with van der Waals surface area (Å²) in [7, 11) is 0. The molecule has 3 N–H and O–H groups in total. The van der Waals surface area contributed by atoms with E-state index in [9.17, 15) is 0 Å². The van der Waals surface area contributed by atoms with E-state index in [0.29, 0.717) is 11.8 Å². The van der Waals surface area contributed by atoms with Crippen molar-refractivity contribution in [3.8, 4) is 0 Å². The van der Waals surface area contributed by atoms with Crippen LogP contribution in [0.1, 0.15) is 38.2 Å². The summed E-state index contributed by atoms with van der Waals surface area (Å²) in [6, 6.07) is 6.27. The van der Waals surface area contributed by atoms with Gasteiger partial charge in [0.2, 0.25) is 0 Å². The van der Waals surface area contributed by atoms with Crippen LogP contribution in [0, 0.1) is 0 Å². The fourth-order valence-corrected chi connectivity index (χ4v) is 4.14. The third-order valence-corrected chi connectivity index (χ3v) is 6.01. The van der Waals surface area contributed by atoms with Gasteiger partial charge in [0.05, 0.1) is 5.69 Å². The lowest BCUT2D eigenvalue weighted by atomic mass is 9.89. The molecule has 1 saturated heterocycles. The molecule has 0 spiro atoms. The second kappa shape index (κ2) is 8.60. The first kappa shape index (κ1) is 18.8. The van der Waals surface area contributed by atoms with Crippen LogP contribution in [0.3, 0.4) is 0 Å². The number of amidine groups is 1. The van der Waals surface area contributed by atoms with E-state index in [-0.39, 0.29) is 0 Å². The summed E-state index contributed by atoms with van der Waals surface area (Å²) in [4.78, 5) is 11.5. The third-order valence-electron chi connectivity index (χ3n) is 5.15. The Bertz CT molecular complexity index is 826. The summed E-state index contributed by atoms with van der Waals surface area (Å²) >= 11 is 1.50. The number of thioether (sulfide) groups is 1. The van der Waals surface area contributed by atoms with Crippen molar-refractivity contribution in [1.29, 1.82) is 0 Å². The van der Waals surface area contributed by atoms with Crippen LogP contribution in [0.25, 0.3) is 10.9 Å². The van der Waals surface area contributed by atoms with Gasteiger partial charge in [0.15, 0.2) is 0 Å². The number of allylic oxidation sites excluding steroid dienone is 1. The van der Waals surface area contributed by atoms with Crippen LogP contribution in [0.5, 0.6) is 0 Å². The molecule has 1 aliphatic rings. The van der Waals surface area contributed by atoms with Crippen molar-refractivity contribution in [1.82, 2.24) is 9.88 Å². The normalized spacial score (nSPS) is 17.8. The van der Waals surface area contributed by atoms with E-state index in [4.69, 9.17) is 5.73 Å². The minimum absolute atomic E-state index is 0.532. The quantitative estimate of drug-likeness (QED) is 0.548. The number of likely N-dealkylation sites (tertiary alicyclic amines) is 1. The molecular weight excluding hydrogens is 340 g/mol. The Kier molecular flexibility index (Phi) is 6.22. The van der Waals surface area contributed by atoms with Gasteiger partial charge in [0, 0.05) is 22.0 Å². The van der Waals surface area contributed by atoms with Crippen molar-refractivity contribution >= 4 is 34.2 Å². The predicted molar refractivity (Wildman–Crippen MR) is 115 cm³/mol. The molecule has 3 rings (SSSR count). The zero-order valence-electron chi connectivity index (χ0n) is 15.7. The highest BCUT2D eigenvalue weighted by atomic mass is 32.2. The van der Waals surface area contributed by atoms with Crippen molar-refractivity contribution in [2.75, 3.05) is 19.6 Å². The minimum Gasteiger partial charge on any atom is -0.383 e. The van der Waals surface area contributed by atoms with Crippen LogP contribution < -0.4 is 5.73 Å². The number of benzene rings is 1. The lowest BCUT2D eigenvalue weighted by Crippen LogP contribution is -2.32. The molecule has 0 amide bonds. The van der Waals surface area contributed by atoms with E-state index >= 15 is 0 Å². The Balaban J connectivity index is 1.88. The molecule has 0 atom stereocenters. The number of H-pyrrole nitrogens is 1. The standard InChI is InChI=1S/C21H28N4S/c1-4-20(26-6-3)21(22)24-16-7-8-19-17(13-16)18(14-23-19)15-9-11-25(5-2)12-10-15/h4,6-8,13-15,23H,3,5,9-12H2,1-2H3,(H2,22,24)/b20-4-. The fraction of sp³-hybridized carbons (Fsp3) is 0.381. The Labute approximate surface area is 160 Å². The van der Waals surface area contributed by atoms with E-state index < -0.39 is 0 Å². The predicted octanol–water partition coefficient (Wildman–Crippen LogP) is 5.14. The first-order valence-corrected chi connectivity index (χ1v) is 10.2. The number of nitrogens with zero attached hydrogens (tertiary/aromatic N) is 2. The zero-order chi connectivity index (χ0) is 18.5. The molecule has 1 aromatic carbocycles. The second-order valence-corrected chi connectivity index (χ2v) is 7.63. The van der Waals surface area contributed by atoms with Crippen LogP contribution in [0.15, 0.2) is 52.4 Å². The zero-order valence-corrected chi connectivity index (χ0v) is 16.5. The highest BCUT2D eigenvalue weighted by Crippen LogP contribution is 2.34. The molecule has 0 unspecified atom stereocenters. The van der Waals surface area contributed by atoms with Crippen molar-refractivity contribution in [2.45, 2.75) is 32.6 Å². The maximum atomic E-state index is 6.18. The van der Waals surface area contributed by atoms with Gasteiger partial charge < -0.3 is 15.6 Å². The Morgan fingerprint density at radius 3 is 2.85 bits per heavy atom. The van der Waals surface area contributed by atoms with Crippen LogP contribution in [-0.4, -0.2) is 35.4 Å². The molecule has 4 nitrogen and oxygen atoms in total. The molecule has 1 aliphatic heterocycles. The Morgan fingerprint density at radius 2 is 2.19 bits per heavy atom. The first-order valence-electron chi connectivity index (χ1n) is 9.28. The van der Waals surface area contributed by atoms with Gasteiger partial charge in [-0.1, -0.05) is 31.3 Å². The van der Waals surface area contributed by atoms with Gasteiger partial charge in [-0.3, -0.25) is 0 Å². The summed E-state index contributed by atoms with van der Waals surface area (Å²) in [6.45, 7) is 11.5. The Hall–Kier alpha value is -1.98. The first-order chi connectivity index (χ1) is 12.7. The molecular formula is C21H28N4S. The molecule has 138 valence electrons. The molecule has 26 heavy (non-hydrogen) atoms. The number of aromatic amines is 1. The molecule has 2 aromatic rings. The molecule has 1 aromatic heterocycles. The third kappa shape index (κ3) is 4.05. The van der Waals surface area contributed by atoms with E-state index in [1.165, 1.54) is 54.2 Å². The number of piperidine rings is 1. The number of nitrogens with one attached hydrogen (secondary N) is 1. The average Bonchev–Trinajstić information content (AvgIpc) is 3.09. The van der Waals surface area contributed by atoms with Crippen molar-refractivity contribution in [3.05, 3.63) is 52.9 Å². The number of aromatic nitrogens is 1. The highest BCUT2D eigenvalue weighted by Gasteiger charge is 2.22. The lowest BCUT2D eigenvalue weighted by Gasteiger charge is -2.30. The van der Waals surface area contributed by atoms with E-state index in [1.54, 1.807) is 5.41 Å². The van der Waals surface area contributed by atoms with E-state index in [1.807, 2.05) is 19.1 Å². The number of aliphatic imine (C=N–C) groups is 1. The fourth-order valence-electron chi connectivity index (χ4n) is 3.66. The van der Waals surface area contributed by atoms with Crippen molar-refractivity contribution in [3.63, 3.8) is 0 Å². The number of hydrogen-bond acceptors (Lipinski definition) is 3. The smallest absolute Gasteiger partial charge is 0.137 e. The van der Waals surface area contributed by atoms with E-state index in [0.717, 1.165) is 17.1 Å². The minimum atomic E-state index is 0.532. The molecule has 5 heteroatoms. The van der Waals surface area contributed by atoms with Crippen LogP contribution in [-0.2, 0) is 0 Å². The SMILES string of the molecule is C=CS/C(=C\C)C(N)=Nc1ccc2[nH]cc(C3CCN(CC)CC3)c2c1. The maximum Gasteiger partial charge on any atom is 0.137 e. The summed E-state index contributed by atoms with van der Waals surface area (Å²) < 4.78 is 0. The summed E-state index contributed by atoms with van der Waals surface area (Å²) in [5, 5.41) is 3.04. The second-order valence-electron chi connectivity index (χ2n) is 6.62. The van der Waals surface area contributed by atoms with Crippen molar-refractivity contribution < 1.29 is 0 Å². The van der Waals surface area contributed by atoms with Gasteiger partial charge in [-0.2, -0.15) is 0 Å². The number of rotatable bonds is 6. The maximum absolute atomic E-state index is 6.18. The molecule has 1 fully saturated rings. The Morgan fingerprint density at radius 1 is 1.42 bits per heavy atom. The summed E-state index contributed by atoms with van der Waals surface area (Å²) in [5.74, 6) is 1.15. The molecule has 0 saturated carbocycles. The van der Waals surface area contributed by atoms with Gasteiger partial charge in [0.1, 0.15) is 5.84 Å². The molecule has 2 heterocycles. The highest BCUT2D eigenvalue weighted by molar-refractivity contribution is 8.06. The van der Waals surface area contributed by atoms with Gasteiger partial charge >= 0.3 is 0 Å². The van der Waals surface area contributed by atoms with Gasteiger partial charge in [-0.25, -0.2) is 4.99 Å². The number of nitrogens with two attached hydrogens (primary N) is 1. The van der Waals surface area contributed by atoms with Gasteiger partial charge in [-0.05, 0) is 74.5 Å². The largest absolute Gasteiger partial charge is 0.383 e. The summed E-state index contributed by atoms with van der Waals surface area (Å²) in [6.07, 6.45) is 6.58.